The summed E-state index contributed by atoms with van der Waals surface area (Å²) in [5.41, 5.74) is 0.176. The van der Waals surface area contributed by atoms with Gasteiger partial charge in [-0.2, -0.15) is 9.97 Å². The molecule has 0 spiro atoms. The third-order valence-electron chi connectivity index (χ3n) is 2.45. The van der Waals surface area contributed by atoms with E-state index in [1.165, 1.54) is 26.0 Å². The van der Waals surface area contributed by atoms with Crippen LogP contribution in [0.1, 0.15) is 10.4 Å². The molecule has 0 unspecified atom stereocenters. The Balaban J connectivity index is 2.33. The number of halogens is 1. The highest BCUT2D eigenvalue weighted by Gasteiger charge is 2.12. The lowest BCUT2D eigenvalue weighted by Crippen LogP contribution is -1.98. The lowest BCUT2D eigenvalue weighted by atomic mass is 10.2. The summed E-state index contributed by atoms with van der Waals surface area (Å²) in [5.74, 6) is -0.256. The Morgan fingerprint density at radius 2 is 1.81 bits per heavy atom. The third-order valence-corrected chi connectivity index (χ3v) is 4.00. The molecule has 1 aromatic carbocycles. The molecule has 1 N–H and O–H groups in total. The van der Waals surface area contributed by atoms with Crippen molar-refractivity contribution in [1.82, 2.24) is 9.97 Å². The Labute approximate surface area is 133 Å². The number of nitrogens with zero attached hydrogens (tertiary/aromatic N) is 2. The quantitative estimate of drug-likeness (QED) is 0.809. The minimum Gasteiger partial charge on any atom is -0.481 e. The van der Waals surface area contributed by atoms with E-state index in [1.807, 2.05) is 0 Å². The number of rotatable bonds is 5. The number of carbonyl (C=O) groups is 1. The van der Waals surface area contributed by atoms with Gasteiger partial charge in [-0.05, 0) is 45.9 Å². The van der Waals surface area contributed by atoms with E-state index >= 15 is 0 Å². The summed E-state index contributed by atoms with van der Waals surface area (Å²) in [6, 6.07) is 6.56. The van der Waals surface area contributed by atoms with E-state index in [0.717, 1.165) is 0 Å². The van der Waals surface area contributed by atoms with Gasteiger partial charge in [0, 0.05) is 9.37 Å². The summed E-state index contributed by atoms with van der Waals surface area (Å²) in [6.45, 7) is 0. The van der Waals surface area contributed by atoms with Crippen molar-refractivity contribution in [2.45, 2.75) is 10.1 Å². The molecule has 8 heteroatoms. The van der Waals surface area contributed by atoms with Crippen molar-refractivity contribution in [3.05, 3.63) is 34.3 Å². The molecule has 1 aromatic heterocycles. The zero-order chi connectivity index (χ0) is 15.4. The van der Waals surface area contributed by atoms with Crippen LogP contribution >= 0.6 is 27.7 Å². The van der Waals surface area contributed by atoms with Crippen LogP contribution in [-0.4, -0.2) is 35.3 Å². The van der Waals surface area contributed by atoms with Crippen molar-refractivity contribution < 1.29 is 19.4 Å². The highest BCUT2D eigenvalue weighted by Crippen LogP contribution is 2.30. The maximum absolute atomic E-state index is 11.1. The van der Waals surface area contributed by atoms with E-state index in [4.69, 9.17) is 14.6 Å². The Hall–Kier alpha value is -1.80. The van der Waals surface area contributed by atoms with Crippen molar-refractivity contribution in [3.63, 3.8) is 0 Å². The second kappa shape index (κ2) is 6.77. The van der Waals surface area contributed by atoms with Crippen LogP contribution in [-0.2, 0) is 0 Å². The topological polar surface area (TPSA) is 81.5 Å². The Morgan fingerprint density at radius 3 is 2.33 bits per heavy atom. The predicted octanol–water partition coefficient (Wildman–Crippen LogP) is 3.11. The average Bonchev–Trinajstić information content (AvgIpc) is 2.48. The summed E-state index contributed by atoms with van der Waals surface area (Å²) in [5, 5.41) is 9.52. The van der Waals surface area contributed by atoms with Gasteiger partial charge >= 0.3 is 5.97 Å². The van der Waals surface area contributed by atoms with Gasteiger partial charge in [-0.25, -0.2) is 4.79 Å². The Morgan fingerprint density at radius 1 is 1.19 bits per heavy atom. The molecule has 21 heavy (non-hydrogen) atoms. The molecule has 0 fully saturated rings. The number of aromatic carboxylic acids is 1. The van der Waals surface area contributed by atoms with Gasteiger partial charge < -0.3 is 14.6 Å². The second-order valence-electron chi connectivity index (χ2n) is 3.78. The van der Waals surface area contributed by atoms with Gasteiger partial charge in [0.25, 0.3) is 0 Å². The van der Waals surface area contributed by atoms with Gasteiger partial charge in [0.05, 0.1) is 25.8 Å². The van der Waals surface area contributed by atoms with Crippen molar-refractivity contribution in [2.24, 2.45) is 0 Å². The molecule has 0 saturated carbocycles. The van der Waals surface area contributed by atoms with E-state index in [0.29, 0.717) is 26.3 Å². The number of benzene rings is 1. The number of hydrogen-bond donors (Lipinski definition) is 1. The molecule has 2 rings (SSSR count). The average molecular weight is 371 g/mol. The first kappa shape index (κ1) is 15.6. The predicted molar refractivity (Wildman–Crippen MR) is 80.4 cm³/mol. The minimum atomic E-state index is -1.01. The van der Waals surface area contributed by atoms with E-state index in [2.05, 4.69) is 25.9 Å². The highest BCUT2D eigenvalue weighted by molar-refractivity contribution is 9.10. The molecule has 2 aromatic rings. The zero-order valence-corrected chi connectivity index (χ0v) is 13.6. The van der Waals surface area contributed by atoms with Crippen LogP contribution in [0.5, 0.6) is 11.8 Å². The van der Waals surface area contributed by atoms with Crippen LogP contribution in [0.4, 0.5) is 0 Å². The summed E-state index contributed by atoms with van der Waals surface area (Å²) in [6.07, 6.45) is 0. The molecule has 110 valence electrons. The van der Waals surface area contributed by atoms with Crippen molar-refractivity contribution in [3.8, 4) is 11.8 Å². The van der Waals surface area contributed by atoms with E-state index in [9.17, 15) is 4.79 Å². The monoisotopic (exact) mass is 370 g/mol. The maximum Gasteiger partial charge on any atom is 0.336 e. The van der Waals surface area contributed by atoms with Crippen LogP contribution < -0.4 is 9.47 Å². The second-order valence-corrected chi connectivity index (χ2v) is 5.68. The van der Waals surface area contributed by atoms with Crippen LogP contribution in [0.2, 0.25) is 0 Å². The fraction of sp³-hybridized carbons (Fsp3) is 0.154. The summed E-state index contributed by atoms with van der Waals surface area (Å²) in [4.78, 5) is 20.2. The van der Waals surface area contributed by atoms with E-state index < -0.39 is 5.97 Å². The summed E-state index contributed by atoms with van der Waals surface area (Å²) >= 11 is 4.42. The van der Waals surface area contributed by atoms with Crippen LogP contribution in [0.25, 0.3) is 0 Å². The molecule has 0 bridgehead atoms. The van der Waals surface area contributed by atoms with Gasteiger partial charge in [0.2, 0.25) is 11.8 Å². The fourth-order valence-corrected chi connectivity index (χ4v) is 2.69. The lowest BCUT2D eigenvalue weighted by Gasteiger charge is -2.07. The highest BCUT2D eigenvalue weighted by atomic mass is 79.9. The molecule has 0 aliphatic carbocycles. The number of ether oxygens (including phenoxy) is 2. The number of hydrogen-bond acceptors (Lipinski definition) is 6. The number of carboxylic acid groups (broad SMARTS) is 1. The van der Waals surface area contributed by atoms with E-state index in [-0.39, 0.29) is 5.56 Å². The Bertz CT molecular complexity index is 659. The van der Waals surface area contributed by atoms with Gasteiger partial charge in [0.15, 0.2) is 5.16 Å². The van der Waals surface area contributed by atoms with Crippen LogP contribution in [0, 0.1) is 0 Å². The van der Waals surface area contributed by atoms with Crippen LogP contribution in [0.15, 0.2) is 38.8 Å². The molecule has 0 saturated heterocycles. The molecule has 0 amide bonds. The van der Waals surface area contributed by atoms with Gasteiger partial charge in [-0.3, -0.25) is 0 Å². The number of carboxylic acids is 1. The SMILES string of the molecule is COc1cc(OC)nc(Sc2ccc(Br)c(C(=O)O)c2)n1. The maximum atomic E-state index is 11.1. The van der Waals surface area contributed by atoms with Crippen molar-refractivity contribution >= 4 is 33.7 Å². The zero-order valence-electron chi connectivity index (χ0n) is 11.2. The first-order chi connectivity index (χ1) is 10.0. The first-order valence-corrected chi connectivity index (χ1v) is 7.32. The van der Waals surface area contributed by atoms with Crippen molar-refractivity contribution in [2.75, 3.05) is 14.2 Å². The van der Waals surface area contributed by atoms with Gasteiger partial charge in [-0.15, -0.1) is 0 Å². The molecular formula is C13H11BrN2O4S. The largest absolute Gasteiger partial charge is 0.481 e. The minimum absolute atomic E-state index is 0.176. The molecule has 0 atom stereocenters. The van der Waals surface area contributed by atoms with E-state index in [1.54, 1.807) is 24.3 Å². The molecule has 0 aliphatic heterocycles. The van der Waals surface area contributed by atoms with Gasteiger partial charge in [-0.1, -0.05) is 0 Å². The summed E-state index contributed by atoms with van der Waals surface area (Å²) in [7, 11) is 3.00. The lowest BCUT2D eigenvalue weighted by molar-refractivity contribution is 0.0695. The normalized spacial score (nSPS) is 10.2. The number of aromatic nitrogens is 2. The third kappa shape index (κ3) is 3.85. The molecule has 1 heterocycles. The molecular weight excluding hydrogens is 360 g/mol. The summed E-state index contributed by atoms with van der Waals surface area (Å²) < 4.78 is 10.7. The van der Waals surface area contributed by atoms with Crippen molar-refractivity contribution in [1.29, 1.82) is 0 Å². The van der Waals surface area contributed by atoms with Gasteiger partial charge in [0.1, 0.15) is 0 Å². The molecule has 6 nitrogen and oxygen atoms in total. The Kier molecular flexibility index (Phi) is 5.03. The van der Waals surface area contributed by atoms with Crippen LogP contribution in [0.3, 0.4) is 0 Å². The molecule has 0 aliphatic rings. The fourth-order valence-electron chi connectivity index (χ4n) is 1.48. The first-order valence-electron chi connectivity index (χ1n) is 5.71. The smallest absolute Gasteiger partial charge is 0.336 e. The number of methoxy groups -OCH3 is 2. The standard InChI is InChI=1S/C13H11BrN2O4S/c1-19-10-6-11(20-2)16-13(15-10)21-7-3-4-9(14)8(5-7)12(17)18/h3-6H,1-2H3,(H,17,18). The molecule has 0 radical (unpaired) electrons.